The van der Waals surface area contributed by atoms with Gasteiger partial charge in [0.05, 0.1) is 0 Å². The SMILES string of the molecule is [Cl][Co+][Cl].[OH-]. The third-order valence-electron chi connectivity index (χ3n) is 0. The molecule has 0 aromatic rings. The minimum Gasteiger partial charge on any atom is -0.870 e. The summed E-state index contributed by atoms with van der Waals surface area (Å²) in [5.41, 5.74) is 0. The van der Waals surface area contributed by atoms with Gasteiger partial charge in [-0.15, -0.1) is 0 Å². The summed E-state index contributed by atoms with van der Waals surface area (Å²) in [7, 11) is 9.47. The van der Waals surface area contributed by atoms with Gasteiger partial charge in [-0.3, -0.25) is 0 Å². The molecule has 0 heterocycles. The van der Waals surface area contributed by atoms with Crippen molar-refractivity contribution < 1.29 is 18.4 Å². The molecule has 0 atom stereocenters. The molecule has 4 heavy (non-hydrogen) atoms. The van der Waals surface area contributed by atoms with Crippen LogP contribution in [0.15, 0.2) is 0 Å². The standard InChI is InChI=1S/2ClH.Co.H2O/h2*1H;;1H2/q;;+3;/p-3. The maximum Gasteiger partial charge on any atom is -0.870 e. The molecule has 0 saturated heterocycles. The fraction of sp³-hybridized carbons (Fsp3) is 0. The number of rotatable bonds is 0. The summed E-state index contributed by atoms with van der Waals surface area (Å²) in [6.07, 6.45) is 0. The molecule has 0 fully saturated rings. The predicted octanol–water partition coefficient (Wildman–Crippen LogP) is 1.20. The van der Waals surface area contributed by atoms with Gasteiger partial charge in [0.15, 0.2) is 0 Å². The molecule has 1 nitrogen and oxygen atoms in total. The largest absolute Gasteiger partial charge is 0.870 e. The monoisotopic (exact) mass is 146 g/mol. The Balaban J connectivity index is 0. The molecule has 1 N–H and O–H groups in total. The van der Waals surface area contributed by atoms with E-state index in [1.54, 1.807) is 0 Å². The summed E-state index contributed by atoms with van der Waals surface area (Å²) in [5.74, 6) is 0. The maximum absolute atomic E-state index is 4.73. The molecule has 0 aliphatic heterocycles. The van der Waals surface area contributed by atoms with Gasteiger partial charge in [0.2, 0.25) is 0 Å². The minimum absolute atomic E-state index is 0. The Labute approximate surface area is 39.1 Å². The van der Waals surface area contributed by atoms with Crippen LogP contribution >= 0.6 is 20.3 Å². The molecule has 0 amide bonds. The molecule has 0 rings (SSSR count). The zero-order valence-electron chi connectivity index (χ0n) is 1.54. The van der Waals surface area contributed by atoms with Crippen molar-refractivity contribution in [2.75, 3.05) is 0 Å². The third-order valence-corrected chi connectivity index (χ3v) is 0. The second-order valence-corrected chi connectivity index (χ2v) is 1.77. The topological polar surface area (TPSA) is 30.0 Å². The van der Waals surface area contributed by atoms with Crippen molar-refractivity contribution in [1.29, 1.82) is 0 Å². The third kappa shape index (κ3) is 11.7. The summed E-state index contributed by atoms with van der Waals surface area (Å²) < 4.78 is 0. The first-order valence-corrected chi connectivity index (χ1v) is 3.12. The summed E-state index contributed by atoms with van der Waals surface area (Å²) in [6, 6.07) is 0. The van der Waals surface area contributed by atoms with Crippen LogP contribution in [0.4, 0.5) is 0 Å². The number of halogens is 2. The van der Waals surface area contributed by atoms with Crippen molar-refractivity contribution in [2.24, 2.45) is 0 Å². The number of hydrogen-bond acceptors (Lipinski definition) is 1. The summed E-state index contributed by atoms with van der Waals surface area (Å²) >= 11 is 0.382. The van der Waals surface area contributed by atoms with Crippen molar-refractivity contribution in [3.63, 3.8) is 0 Å². The molecule has 0 aromatic carbocycles. The Morgan fingerprint density at radius 3 is 1.25 bits per heavy atom. The quantitative estimate of drug-likeness (QED) is 0.506. The first kappa shape index (κ1) is 8.90. The fourth-order valence-electron chi connectivity index (χ4n) is 0. The van der Waals surface area contributed by atoms with Crippen molar-refractivity contribution in [3.8, 4) is 0 Å². The van der Waals surface area contributed by atoms with E-state index in [-0.39, 0.29) is 5.48 Å². The van der Waals surface area contributed by atoms with Crippen LogP contribution in [0.25, 0.3) is 0 Å². The Morgan fingerprint density at radius 2 is 1.25 bits per heavy atom. The molecule has 0 unspecified atom stereocenters. The normalized spacial score (nSPS) is 5.50. The van der Waals surface area contributed by atoms with E-state index < -0.39 is 0 Å². The van der Waals surface area contributed by atoms with Gasteiger partial charge in [-0.25, -0.2) is 0 Å². The Hall–Kier alpha value is 1.05. The molecule has 0 aliphatic carbocycles. The van der Waals surface area contributed by atoms with Gasteiger partial charge < -0.3 is 5.48 Å². The predicted molar refractivity (Wildman–Crippen MR) is 13.6 cm³/mol. The van der Waals surface area contributed by atoms with Crippen LogP contribution in [-0.4, -0.2) is 5.48 Å². The fourth-order valence-corrected chi connectivity index (χ4v) is 0. The summed E-state index contributed by atoms with van der Waals surface area (Å²) in [5, 5.41) is 0. The molecule has 30 valence electrons. The average molecular weight is 147 g/mol. The van der Waals surface area contributed by atoms with Gasteiger partial charge in [0, 0.05) is 0 Å². The van der Waals surface area contributed by atoms with Crippen LogP contribution in [0, 0.1) is 0 Å². The van der Waals surface area contributed by atoms with E-state index in [1.807, 2.05) is 0 Å². The average Bonchev–Trinajstić information content (AvgIpc) is 0.918. The molecule has 0 saturated carbocycles. The van der Waals surface area contributed by atoms with E-state index in [4.69, 9.17) is 20.3 Å². The van der Waals surface area contributed by atoms with Gasteiger partial charge in [-0.1, -0.05) is 0 Å². The molecule has 0 aromatic heterocycles. The van der Waals surface area contributed by atoms with Crippen LogP contribution in [-0.2, 0) is 12.9 Å². The molecule has 0 bridgehead atoms. The van der Waals surface area contributed by atoms with Gasteiger partial charge in [-0.2, -0.15) is 0 Å². The number of hydrogen-bond donors (Lipinski definition) is 0. The van der Waals surface area contributed by atoms with Gasteiger partial charge in [0.25, 0.3) is 0 Å². The van der Waals surface area contributed by atoms with E-state index in [2.05, 4.69) is 0 Å². The molecule has 0 radical (unpaired) electrons. The second-order valence-electron chi connectivity index (χ2n) is 0.0476. The van der Waals surface area contributed by atoms with Crippen molar-refractivity contribution in [1.82, 2.24) is 0 Å². The van der Waals surface area contributed by atoms with Crippen LogP contribution in [0.5, 0.6) is 0 Å². The summed E-state index contributed by atoms with van der Waals surface area (Å²) in [4.78, 5) is 0. The van der Waals surface area contributed by atoms with E-state index in [1.165, 1.54) is 0 Å². The zero-order chi connectivity index (χ0) is 2.71. The van der Waals surface area contributed by atoms with Crippen molar-refractivity contribution in [2.45, 2.75) is 0 Å². The molecule has 0 aliphatic rings. The Kier molecular flexibility index (Phi) is 20.0. The maximum atomic E-state index is 4.73. The van der Waals surface area contributed by atoms with Crippen LogP contribution in [0.3, 0.4) is 0 Å². The van der Waals surface area contributed by atoms with Crippen molar-refractivity contribution >= 4 is 20.3 Å². The van der Waals surface area contributed by atoms with E-state index >= 15 is 0 Å². The Morgan fingerprint density at radius 1 is 1.25 bits per heavy atom. The Bertz CT molecular complexity index is 6.00. The van der Waals surface area contributed by atoms with Crippen LogP contribution < -0.4 is 0 Å². The molecule has 0 spiro atoms. The van der Waals surface area contributed by atoms with Gasteiger partial charge >= 0.3 is 33.2 Å². The van der Waals surface area contributed by atoms with E-state index in [0.29, 0.717) is 12.9 Å². The minimum atomic E-state index is 0. The molecular formula is HCl2CoO. The molecule has 4 heteroatoms. The van der Waals surface area contributed by atoms with Crippen molar-refractivity contribution in [3.05, 3.63) is 0 Å². The van der Waals surface area contributed by atoms with Crippen LogP contribution in [0.1, 0.15) is 0 Å². The van der Waals surface area contributed by atoms with E-state index in [9.17, 15) is 0 Å². The first-order chi connectivity index (χ1) is 1.41. The smallest absolute Gasteiger partial charge is 0.870 e. The second kappa shape index (κ2) is 8.97. The van der Waals surface area contributed by atoms with E-state index in [0.717, 1.165) is 0 Å². The molecular weight excluding hydrogens is 146 g/mol. The first-order valence-electron chi connectivity index (χ1n) is 0.252. The van der Waals surface area contributed by atoms with Gasteiger partial charge in [-0.05, 0) is 0 Å². The van der Waals surface area contributed by atoms with Crippen LogP contribution in [0.2, 0.25) is 0 Å². The summed E-state index contributed by atoms with van der Waals surface area (Å²) in [6.45, 7) is 0. The zero-order valence-corrected chi connectivity index (χ0v) is 4.09. The van der Waals surface area contributed by atoms with Gasteiger partial charge in [0.1, 0.15) is 0 Å².